The van der Waals surface area contributed by atoms with Crippen LogP contribution in [0.25, 0.3) is 11.7 Å². The van der Waals surface area contributed by atoms with Crippen molar-refractivity contribution in [1.29, 1.82) is 0 Å². The summed E-state index contributed by atoms with van der Waals surface area (Å²) in [5.74, 6) is 0.0543. The molecule has 0 atom stereocenters. The summed E-state index contributed by atoms with van der Waals surface area (Å²) in [6, 6.07) is 16.2. The van der Waals surface area contributed by atoms with E-state index in [1.165, 1.54) is 5.69 Å². The number of rotatable bonds is 3. The monoisotopic (exact) mass is 332 g/mol. The number of carbonyl (C=O) groups is 1. The van der Waals surface area contributed by atoms with Crippen molar-refractivity contribution in [2.75, 3.05) is 31.1 Å². The van der Waals surface area contributed by atoms with Crippen molar-refractivity contribution < 1.29 is 4.79 Å². The molecule has 2 aromatic heterocycles. The molecule has 5 nitrogen and oxygen atoms in total. The van der Waals surface area contributed by atoms with Crippen molar-refractivity contribution in [3.63, 3.8) is 0 Å². The van der Waals surface area contributed by atoms with E-state index in [1.54, 1.807) is 12.3 Å². The number of nitrogens with zero attached hydrogens (tertiary/aromatic N) is 4. The van der Waals surface area contributed by atoms with Crippen molar-refractivity contribution >= 4 is 23.3 Å². The minimum absolute atomic E-state index is 0.0543. The Morgan fingerprint density at radius 2 is 1.72 bits per heavy atom. The molecule has 0 saturated carbocycles. The summed E-state index contributed by atoms with van der Waals surface area (Å²) < 4.78 is 1.97. The first-order valence-corrected chi connectivity index (χ1v) is 8.50. The van der Waals surface area contributed by atoms with E-state index in [0.29, 0.717) is 0 Å². The molecule has 0 N–H and O–H groups in total. The molecule has 0 unspecified atom stereocenters. The Balaban J connectivity index is 1.39. The molecule has 5 heteroatoms. The van der Waals surface area contributed by atoms with E-state index in [-0.39, 0.29) is 5.91 Å². The van der Waals surface area contributed by atoms with Gasteiger partial charge in [-0.3, -0.25) is 4.79 Å². The van der Waals surface area contributed by atoms with Crippen LogP contribution in [0.5, 0.6) is 0 Å². The molecule has 4 rings (SSSR count). The predicted octanol–water partition coefficient (Wildman–Crippen LogP) is 2.70. The molecule has 126 valence electrons. The third-order valence-corrected chi connectivity index (χ3v) is 4.55. The van der Waals surface area contributed by atoms with E-state index in [4.69, 9.17) is 0 Å². The predicted molar refractivity (Wildman–Crippen MR) is 99.5 cm³/mol. The van der Waals surface area contributed by atoms with E-state index in [2.05, 4.69) is 22.0 Å². The zero-order valence-corrected chi connectivity index (χ0v) is 14.0. The first-order valence-electron chi connectivity index (χ1n) is 8.50. The number of anilines is 1. The van der Waals surface area contributed by atoms with Crippen LogP contribution in [0.2, 0.25) is 0 Å². The maximum absolute atomic E-state index is 12.5. The number of aromatic nitrogens is 2. The van der Waals surface area contributed by atoms with Gasteiger partial charge in [-0.05, 0) is 30.3 Å². The van der Waals surface area contributed by atoms with Gasteiger partial charge in [0.15, 0.2) is 0 Å². The minimum atomic E-state index is 0.0543. The third-order valence-electron chi connectivity index (χ3n) is 4.55. The van der Waals surface area contributed by atoms with E-state index >= 15 is 0 Å². The SMILES string of the molecule is O=C(/C=C/c1cnc2ccccn12)N1CCN(c2ccccc2)CC1. The fourth-order valence-corrected chi connectivity index (χ4v) is 3.16. The van der Waals surface area contributed by atoms with Crippen LogP contribution in [0.1, 0.15) is 5.69 Å². The normalized spacial score (nSPS) is 15.2. The lowest BCUT2D eigenvalue weighted by Gasteiger charge is -2.35. The smallest absolute Gasteiger partial charge is 0.246 e. The lowest BCUT2D eigenvalue weighted by molar-refractivity contribution is -0.126. The number of fused-ring (bicyclic) bond motifs is 1. The number of carbonyl (C=O) groups excluding carboxylic acids is 1. The largest absolute Gasteiger partial charge is 0.368 e. The Labute approximate surface area is 146 Å². The minimum Gasteiger partial charge on any atom is -0.368 e. The van der Waals surface area contributed by atoms with Crippen LogP contribution in [0.4, 0.5) is 5.69 Å². The lowest BCUT2D eigenvalue weighted by Crippen LogP contribution is -2.48. The summed E-state index contributed by atoms with van der Waals surface area (Å²) in [4.78, 5) is 21.0. The van der Waals surface area contributed by atoms with Gasteiger partial charge in [-0.1, -0.05) is 24.3 Å². The summed E-state index contributed by atoms with van der Waals surface area (Å²) in [7, 11) is 0. The number of imidazole rings is 1. The molecule has 0 radical (unpaired) electrons. The van der Waals surface area contributed by atoms with Crippen LogP contribution in [-0.4, -0.2) is 46.4 Å². The topological polar surface area (TPSA) is 40.9 Å². The molecule has 0 bridgehead atoms. The van der Waals surface area contributed by atoms with Gasteiger partial charge < -0.3 is 14.2 Å². The van der Waals surface area contributed by atoms with Crippen LogP contribution < -0.4 is 4.90 Å². The summed E-state index contributed by atoms with van der Waals surface area (Å²) in [5.41, 5.74) is 3.01. The Kier molecular flexibility index (Phi) is 4.21. The Bertz CT molecular complexity index is 892. The van der Waals surface area contributed by atoms with E-state index < -0.39 is 0 Å². The number of para-hydroxylation sites is 1. The summed E-state index contributed by atoms with van der Waals surface area (Å²) in [6.07, 6.45) is 7.22. The number of piperazine rings is 1. The molecule has 25 heavy (non-hydrogen) atoms. The van der Waals surface area contributed by atoms with Crippen LogP contribution in [0, 0.1) is 0 Å². The third kappa shape index (κ3) is 3.26. The molecule has 1 saturated heterocycles. The summed E-state index contributed by atoms with van der Waals surface area (Å²) in [6.45, 7) is 3.20. The van der Waals surface area contributed by atoms with E-state index in [9.17, 15) is 4.79 Å². The maximum atomic E-state index is 12.5. The second-order valence-electron chi connectivity index (χ2n) is 6.09. The van der Waals surface area contributed by atoms with Gasteiger partial charge in [-0.2, -0.15) is 0 Å². The fraction of sp³-hybridized carbons (Fsp3) is 0.200. The number of hydrogen-bond donors (Lipinski definition) is 0. The molecule has 1 aliphatic heterocycles. The van der Waals surface area contributed by atoms with Crippen molar-refractivity contribution in [3.05, 3.63) is 72.7 Å². The number of amides is 1. The van der Waals surface area contributed by atoms with Crippen LogP contribution in [0.3, 0.4) is 0 Å². The highest BCUT2D eigenvalue weighted by Gasteiger charge is 2.19. The lowest BCUT2D eigenvalue weighted by atomic mass is 10.2. The van der Waals surface area contributed by atoms with Crippen molar-refractivity contribution in [1.82, 2.24) is 14.3 Å². The maximum Gasteiger partial charge on any atom is 0.246 e. The average molecular weight is 332 g/mol. The number of benzene rings is 1. The Morgan fingerprint density at radius 3 is 2.52 bits per heavy atom. The van der Waals surface area contributed by atoms with Gasteiger partial charge in [0.2, 0.25) is 5.91 Å². The van der Waals surface area contributed by atoms with Crippen molar-refractivity contribution in [3.8, 4) is 0 Å². The van der Waals surface area contributed by atoms with Crippen molar-refractivity contribution in [2.24, 2.45) is 0 Å². The molecule has 1 amide bonds. The molecule has 1 fully saturated rings. The average Bonchev–Trinajstić information content (AvgIpc) is 3.10. The summed E-state index contributed by atoms with van der Waals surface area (Å²) in [5, 5.41) is 0. The molecule has 0 spiro atoms. The highest BCUT2D eigenvalue weighted by Crippen LogP contribution is 2.16. The molecular weight excluding hydrogens is 312 g/mol. The van der Waals surface area contributed by atoms with Gasteiger partial charge in [0.1, 0.15) is 5.65 Å². The van der Waals surface area contributed by atoms with Gasteiger partial charge in [0.05, 0.1) is 11.9 Å². The van der Waals surface area contributed by atoms with Gasteiger partial charge in [0.25, 0.3) is 0 Å². The van der Waals surface area contributed by atoms with Gasteiger partial charge in [-0.15, -0.1) is 0 Å². The van der Waals surface area contributed by atoms with Gasteiger partial charge in [0, 0.05) is 44.1 Å². The van der Waals surface area contributed by atoms with Crippen LogP contribution >= 0.6 is 0 Å². The molecule has 1 aliphatic rings. The first-order chi connectivity index (χ1) is 12.3. The molecule has 3 heterocycles. The standard InChI is InChI=1S/C20H20N4O/c25-20(10-9-18-16-21-19-8-4-5-11-24(18)19)23-14-12-22(13-15-23)17-6-2-1-3-7-17/h1-11,16H,12-15H2/b10-9+. The van der Waals surface area contributed by atoms with Crippen molar-refractivity contribution in [2.45, 2.75) is 0 Å². The highest BCUT2D eigenvalue weighted by molar-refractivity contribution is 5.91. The zero-order valence-electron chi connectivity index (χ0n) is 14.0. The Hall–Kier alpha value is -3.08. The van der Waals surface area contributed by atoms with Gasteiger partial charge >= 0.3 is 0 Å². The number of hydrogen-bond acceptors (Lipinski definition) is 3. The Morgan fingerprint density at radius 1 is 0.960 bits per heavy atom. The van der Waals surface area contributed by atoms with Gasteiger partial charge in [-0.25, -0.2) is 4.98 Å². The van der Waals surface area contributed by atoms with E-state index in [1.807, 2.05) is 58.0 Å². The fourth-order valence-electron chi connectivity index (χ4n) is 3.16. The second-order valence-corrected chi connectivity index (χ2v) is 6.09. The van der Waals surface area contributed by atoms with Crippen LogP contribution in [0.15, 0.2) is 67.0 Å². The van der Waals surface area contributed by atoms with Crippen LogP contribution in [-0.2, 0) is 4.79 Å². The van der Waals surface area contributed by atoms with E-state index in [0.717, 1.165) is 37.5 Å². The molecule has 3 aromatic rings. The zero-order chi connectivity index (χ0) is 17.1. The quantitative estimate of drug-likeness (QED) is 0.693. The first kappa shape index (κ1) is 15.4. The molecule has 0 aliphatic carbocycles. The summed E-state index contributed by atoms with van der Waals surface area (Å²) >= 11 is 0. The number of pyridine rings is 1. The molecular formula is C20H20N4O. The second kappa shape index (κ2) is 6.81. The molecule has 1 aromatic carbocycles. The highest BCUT2D eigenvalue weighted by atomic mass is 16.2.